The maximum atomic E-state index is 13.4. The van der Waals surface area contributed by atoms with E-state index in [1.54, 1.807) is 19.3 Å². The summed E-state index contributed by atoms with van der Waals surface area (Å²) in [6.07, 6.45) is 5.74. The number of anilines is 1. The van der Waals surface area contributed by atoms with Gasteiger partial charge in [0.15, 0.2) is 5.82 Å². The second-order valence-corrected chi connectivity index (χ2v) is 8.94. The van der Waals surface area contributed by atoms with Gasteiger partial charge >= 0.3 is 6.18 Å². The smallest absolute Gasteiger partial charge is 0.331 e. The molecule has 0 saturated carbocycles. The van der Waals surface area contributed by atoms with Crippen LogP contribution in [0.2, 0.25) is 0 Å². The van der Waals surface area contributed by atoms with Gasteiger partial charge in [0.1, 0.15) is 18.1 Å². The van der Waals surface area contributed by atoms with Crippen LogP contribution in [-0.2, 0) is 4.79 Å². The molecule has 178 valence electrons. The van der Waals surface area contributed by atoms with Gasteiger partial charge in [-0.15, -0.1) is 0 Å². The van der Waals surface area contributed by atoms with Gasteiger partial charge in [-0.3, -0.25) is 19.5 Å². The van der Waals surface area contributed by atoms with Crippen LogP contribution in [0.5, 0.6) is 0 Å². The Labute approximate surface area is 194 Å². The molecular weight excluding hydrogens is 449 g/mol. The first-order chi connectivity index (χ1) is 15.9. The Morgan fingerprint density at radius 3 is 2.53 bits per heavy atom. The lowest BCUT2D eigenvalue weighted by Gasteiger charge is -2.26. The predicted octanol–water partition coefficient (Wildman–Crippen LogP) is 3.57. The Morgan fingerprint density at radius 2 is 1.88 bits per heavy atom. The third-order valence-corrected chi connectivity index (χ3v) is 6.06. The third-order valence-electron chi connectivity index (χ3n) is 6.06. The summed E-state index contributed by atoms with van der Waals surface area (Å²) in [4.78, 5) is 44.5. The minimum absolute atomic E-state index is 0.0829. The normalized spacial score (nSPS) is 19.4. The average Bonchev–Trinajstić information content (AvgIpc) is 2.97. The lowest BCUT2D eigenvalue weighted by molar-refractivity contribution is -0.138. The molecule has 0 N–H and O–H groups in total. The van der Waals surface area contributed by atoms with Crippen molar-refractivity contribution in [2.24, 2.45) is 11.3 Å². The van der Waals surface area contributed by atoms with Crippen molar-refractivity contribution in [3.63, 3.8) is 0 Å². The fourth-order valence-electron chi connectivity index (χ4n) is 4.21. The number of carbonyl (C=O) groups is 2. The molecule has 0 bridgehead atoms. The van der Waals surface area contributed by atoms with Crippen LogP contribution in [0, 0.1) is 18.3 Å². The van der Waals surface area contributed by atoms with Crippen LogP contribution in [0.15, 0.2) is 42.6 Å². The van der Waals surface area contributed by atoms with E-state index >= 15 is 0 Å². The second kappa shape index (κ2) is 8.30. The van der Waals surface area contributed by atoms with E-state index in [1.807, 2.05) is 26.0 Å². The molecule has 1 aliphatic heterocycles. The number of aryl methyl sites for hydroxylation is 1. The van der Waals surface area contributed by atoms with Gasteiger partial charge in [0, 0.05) is 36.6 Å². The van der Waals surface area contributed by atoms with Gasteiger partial charge in [-0.25, -0.2) is 15.0 Å². The summed E-state index contributed by atoms with van der Waals surface area (Å²) in [5.41, 5.74) is 1.27. The molecule has 1 aliphatic carbocycles. The van der Waals surface area contributed by atoms with E-state index in [-0.39, 0.29) is 23.3 Å². The van der Waals surface area contributed by atoms with Gasteiger partial charge in [0.2, 0.25) is 5.91 Å². The summed E-state index contributed by atoms with van der Waals surface area (Å²) in [6.45, 7) is 4.03. The first kappa shape index (κ1) is 23.5. The molecular formula is C23H23F3N6O2. The first-order valence-corrected chi connectivity index (χ1v) is 10.6. The molecule has 0 radical (unpaired) electrons. The molecule has 3 heterocycles. The monoisotopic (exact) mass is 472 g/mol. The van der Waals surface area contributed by atoms with Crippen molar-refractivity contribution in [1.82, 2.24) is 24.8 Å². The number of allylic oxidation sites excluding steroid dienone is 4. The van der Waals surface area contributed by atoms with E-state index in [9.17, 15) is 22.8 Å². The number of hydrogen-bond acceptors (Lipinski definition) is 6. The van der Waals surface area contributed by atoms with Gasteiger partial charge in [-0.1, -0.05) is 19.9 Å². The minimum atomic E-state index is -4.55. The molecule has 8 nitrogen and oxygen atoms in total. The standard InChI is InChI=1S/C23H23F3N6O2/c1-13-28-8-15(9-29-13)14-5-6-16-18(7-14)32(21(34)22(16,2)3)19-11-27-10-17(30-19)20(33)31(4)12-23(24,25)26/h5,7-11,16H,6,12H2,1-4H3. The fourth-order valence-corrected chi connectivity index (χ4v) is 4.21. The molecule has 2 aliphatic rings. The van der Waals surface area contributed by atoms with Crippen molar-refractivity contribution in [1.29, 1.82) is 0 Å². The zero-order valence-electron chi connectivity index (χ0n) is 19.1. The summed E-state index contributed by atoms with van der Waals surface area (Å²) in [5.74, 6) is -0.606. The molecule has 1 saturated heterocycles. The summed E-state index contributed by atoms with van der Waals surface area (Å²) in [7, 11) is 1.04. The fraction of sp³-hybridized carbons (Fsp3) is 0.391. The Kier molecular flexibility index (Phi) is 5.74. The number of amides is 2. The third kappa shape index (κ3) is 4.29. The van der Waals surface area contributed by atoms with E-state index in [2.05, 4.69) is 19.9 Å². The summed E-state index contributed by atoms with van der Waals surface area (Å²) >= 11 is 0. The highest BCUT2D eigenvalue weighted by atomic mass is 19.4. The van der Waals surface area contributed by atoms with Gasteiger partial charge < -0.3 is 4.90 Å². The number of halogens is 3. The number of alkyl halides is 3. The average molecular weight is 472 g/mol. The SMILES string of the molecule is Cc1ncc(C2=CCC3C(=C2)N(c2cncc(C(=O)N(C)CC(F)(F)F)n2)C(=O)C3(C)C)cn1. The molecule has 1 fully saturated rings. The number of hydrogen-bond donors (Lipinski definition) is 0. The number of fused-ring (bicyclic) bond motifs is 1. The zero-order chi connectivity index (χ0) is 24.8. The van der Waals surface area contributed by atoms with E-state index in [1.165, 1.54) is 11.1 Å². The molecule has 0 spiro atoms. The van der Waals surface area contributed by atoms with Crippen molar-refractivity contribution in [3.8, 4) is 0 Å². The predicted molar refractivity (Wildman–Crippen MR) is 117 cm³/mol. The van der Waals surface area contributed by atoms with Crippen molar-refractivity contribution in [2.75, 3.05) is 18.5 Å². The summed E-state index contributed by atoms with van der Waals surface area (Å²) < 4.78 is 38.2. The topological polar surface area (TPSA) is 92.2 Å². The van der Waals surface area contributed by atoms with Crippen LogP contribution < -0.4 is 4.90 Å². The summed E-state index contributed by atoms with van der Waals surface area (Å²) in [5, 5.41) is 0. The quantitative estimate of drug-likeness (QED) is 0.676. The Balaban J connectivity index is 1.71. The number of aromatic nitrogens is 4. The number of carbonyl (C=O) groups excluding carboxylic acids is 2. The molecule has 2 amide bonds. The van der Waals surface area contributed by atoms with E-state index in [0.29, 0.717) is 22.8 Å². The number of rotatable bonds is 4. The Bertz CT molecular complexity index is 1200. The maximum Gasteiger partial charge on any atom is 0.406 e. The van der Waals surface area contributed by atoms with Crippen LogP contribution >= 0.6 is 0 Å². The lowest BCUT2D eigenvalue weighted by Crippen LogP contribution is -2.37. The van der Waals surface area contributed by atoms with Gasteiger partial charge in [-0.05, 0) is 25.0 Å². The van der Waals surface area contributed by atoms with Crippen LogP contribution in [0.4, 0.5) is 19.0 Å². The van der Waals surface area contributed by atoms with E-state index in [0.717, 1.165) is 24.4 Å². The molecule has 1 atom stereocenters. The molecule has 0 aromatic carbocycles. The van der Waals surface area contributed by atoms with Crippen molar-refractivity contribution in [2.45, 2.75) is 33.4 Å². The molecule has 11 heteroatoms. The molecule has 2 aromatic rings. The van der Waals surface area contributed by atoms with Crippen LogP contribution in [0.3, 0.4) is 0 Å². The molecule has 2 aromatic heterocycles. The highest BCUT2D eigenvalue weighted by Crippen LogP contribution is 2.50. The second-order valence-electron chi connectivity index (χ2n) is 8.94. The van der Waals surface area contributed by atoms with Crippen LogP contribution in [0.1, 0.15) is 42.1 Å². The molecule has 4 rings (SSSR count). The van der Waals surface area contributed by atoms with Crippen molar-refractivity contribution < 1.29 is 22.8 Å². The van der Waals surface area contributed by atoms with E-state index < -0.39 is 24.0 Å². The van der Waals surface area contributed by atoms with Gasteiger partial charge in [-0.2, -0.15) is 13.2 Å². The van der Waals surface area contributed by atoms with Gasteiger partial charge in [0.25, 0.3) is 5.91 Å². The summed E-state index contributed by atoms with van der Waals surface area (Å²) in [6, 6.07) is 0. The Hall–Kier alpha value is -3.63. The first-order valence-electron chi connectivity index (χ1n) is 10.6. The zero-order valence-corrected chi connectivity index (χ0v) is 19.1. The number of nitrogens with zero attached hydrogens (tertiary/aromatic N) is 6. The lowest BCUT2D eigenvalue weighted by atomic mass is 9.75. The van der Waals surface area contributed by atoms with Crippen molar-refractivity contribution in [3.05, 3.63) is 59.7 Å². The van der Waals surface area contributed by atoms with Crippen molar-refractivity contribution >= 4 is 23.2 Å². The molecule has 34 heavy (non-hydrogen) atoms. The molecule has 1 unspecified atom stereocenters. The largest absolute Gasteiger partial charge is 0.406 e. The highest BCUT2D eigenvalue weighted by molar-refractivity contribution is 6.04. The van der Waals surface area contributed by atoms with Crippen LogP contribution in [0.25, 0.3) is 5.57 Å². The van der Waals surface area contributed by atoms with Crippen LogP contribution in [-0.4, -0.2) is 56.4 Å². The van der Waals surface area contributed by atoms with Gasteiger partial charge in [0.05, 0.1) is 17.8 Å². The Morgan fingerprint density at radius 1 is 1.21 bits per heavy atom. The minimum Gasteiger partial charge on any atom is -0.331 e. The van der Waals surface area contributed by atoms with E-state index in [4.69, 9.17) is 0 Å². The maximum absolute atomic E-state index is 13.4. The highest BCUT2D eigenvalue weighted by Gasteiger charge is 2.52.